The van der Waals surface area contributed by atoms with Crippen LogP contribution in [0.5, 0.6) is 0 Å². The van der Waals surface area contributed by atoms with E-state index in [1.807, 2.05) is 13.8 Å². The summed E-state index contributed by atoms with van der Waals surface area (Å²) in [4.78, 5) is 11.6. The maximum Gasteiger partial charge on any atom is 0.322 e. The molecule has 1 aliphatic carbocycles. The van der Waals surface area contributed by atoms with Crippen LogP contribution in [0.2, 0.25) is 0 Å². The minimum atomic E-state index is -0.574. The van der Waals surface area contributed by atoms with Gasteiger partial charge in [0.05, 0.1) is 0 Å². The Hall–Kier alpha value is -0.310. The molecule has 1 aliphatic rings. The van der Waals surface area contributed by atoms with Crippen molar-refractivity contribution < 1.29 is 9.53 Å². The summed E-state index contributed by atoms with van der Waals surface area (Å²) in [6.07, 6.45) is 9.57. The van der Waals surface area contributed by atoms with Crippen LogP contribution in [-0.2, 0) is 9.53 Å². The number of esters is 1. The molecule has 0 heterocycles. The maximum atomic E-state index is 11.6. The molecule has 0 atom stereocenters. The Morgan fingerprint density at radius 1 is 1.38 bits per heavy atom. The van der Waals surface area contributed by atoms with Crippen molar-refractivity contribution in [3.63, 3.8) is 0 Å². The second-order valence-electron chi connectivity index (χ2n) is 4.86. The zero-order chi connectivity index (χ0) is 12.0. The van der Waals surface area contributed by atoms with Crippen molar-refractivity contribution in [2.45, 2.75) is 56.7 Å². The average molecular weight is 289 g/mol. The van der Waals surface area contributed by atoms with Crippen LogP contribution in [-0.4, -0.2) is 16.9 Å². The molecule has 0 amide bonds. The first-order chi connectivity index (χ1) is 7.50. The van der Waals surface area contributed by atoms with Gasteiger partial charge in [-0.1, -0.05) is 34.8 Å². The molecule has 0 unspecified atom stereocenters. The molecule has 0 aromatic heterocycles. The molecule has 1 rings (SSSR count). The third kappa shape index (κ3) is 5.15. The van der Waals surface area contributed by atoms with E-state index in [1.165, 1.54) is 31.3 Å². The van der Waals surface area contributed by atoms with Crippen LogP contribution < -0.4 is 0 Å². The number of halogens is 1. The van der Waals surface area contributed by atoms with Gasteiger partial charge in [-0.3, -0.25) is 4.79 Å². The van der Waals surface area contributed by atoms with E-state index in [0.29, 0.717) is 6.61 Å². The van der Waals surface area contributed by atoms with Gasteiger partial charge in [0.1, 0.15) is 10.9 Å². The molecule has 92 valence electrons. The van der Waals surface area contributed by atoms with Gasteiger partial charge in [0.15, 0.2) is 0 Å². The van der Waals surface area contributed by atoms with Crippen molar-refractivity contribution in [2.24, 2.45) is 0 Å². The number of alkyl halides is 1. The van der Waals surface area contributed by atoms with Crippen molar-refractivity contribution in [2.75, 3.05) is 6.61 Å². The number of carbonyl (C=O) groups excluding carboxylic acids is 1. The van der Waals surface area contributed by atoms with E-state index in [-0.39, 0.29) is 5.97 Å². The number of hydrogen-bond donors (Lipinski definition) is 0. The van der Waals surface area contributed by atoms with Crippen LogP contribution in [0.3, 0.4) is 0 Å². The third-order valence-electron chi connectivity index (χ3n) is 2.76. The van der Waals surface area contributed by atoms with E-state index < -0.39 is 4.32 Å². The molecular weight excluding hydrogens is 268 g/mol. The van der Waals surface area contributed by atoms with Crippen LogP contribution >= 0.6 is 15.9 Å². The van der Waals surface area contributed by atoms with E-state index in [1.54, 1.807) is 0 Å². The Morgan fingerprint density at radius 2 is 2.06 bits per heavy atom. The second-order valence-corrected chi connectivity index (χ2v) is 6.85. The normalized spacial score (nSPS) is 21.6. The minimum absolute atomic E-state index is 0.185. The Labute approximate surface area is 107 Å². The van der Waals surface area contributed by atoms with Crippen molar-refractivity contribution >= 4 is 21.9 Å². The summed E-state index contributed by atoms with van der Waals surface area (Å²) < 4.78 is 4.71. The Kier molecular flexibility index (Phi) is 5.53. The molecule has 0 bridgehead atoms. The second kappa shape index (κ2) is 6.43. The van der Waals surface area contributed by atoms with Gasteiger partial charge in [-0.2, -0.15) is 0 Å². The zero-order valence-corrected chi connectivity index (χ0v) is 11.8. The highest BCUT2D eigenvalue weighted by Crippen LogP contribution is 2.20. The number of ether oxygens (including phenoxy) is 1. The monoisotopic (exact) mass is 288 g/mol. The quantitative estimate of drug-likeness (QED) is 0.446. The molecule has 3 heteroatoms. The van der Waals surface area contributed by atoms with E-state index in [0.717, 1.165) is 12.8 Å². The molecule has 0 aromatic rings. The summed E-state index contributed by atoms with van der Waals surface area (Å²) >= 11 is 3.30. The molecule has 0 N–H and O–H groups in total. The lowest BCUT2D eigenvalue weighted by Gasteiger charge is -2.17. The van der Waals surface area contributed by atoms with Crippen LogP contribution in [0.15, 0.2) is 11.6 Å². The van der Waals surface area contributed by atoms with E-state index >= 15 is 0 Å². The van der Waals surface area contributed by atoms with Crippen molar-refractivity contribution in [3.05, 3.63) is 11.6 Å². The number of hydrogen-bond acceptors (Lipinski definition) is 2. The van der Waals surface area contributed by atoms with Gasteiger partial charge in [0, 0.05) is 0 Å². The maximum absolute atomic E-state index is 11.6. The predicted octanol–water partition coefficient (Wildman–Crippen LogP) is 3.98. The van der Waals surface area contributed by atoms with Crippen LogP contribution in [0.4, 0.5) is 0 Å². The predicted molar refractivity (Wildman–Crippen MR) is 69.8 cm³/mol. The molecule has 2 nitrogen and oxygen atoms in total. The number of rotatable bonds is 3. The average Bonchev–Trinajstić information content (AvgIpc) is 2.14. The molecule has 0 fully saturated rings. The van der Waals surface area contributed by atoms with E-state index in [9.17, 15) is 4.79 Å². The van der Waals surface area contributed by atoms with Gasteiger partial charge in [-0.25, -0.2) is 0 Å². The Morgan fingerprint density at radius 3 is 2.75 bits per heavy atom. The van der Waals surface area contributed by atoms with Gasteiger partial charge in [0.2, 0.25) is 0 Å². The van der Waals surface area contributed by atoms with Crippen molar-refractivity contribution in [3.8, 4) is 0 Å². The lowest BCUT2D eigenvalue weighted by molar-refractivity contribution is -0.144. The molecule has 0 aliphatic heterocycles. The highest BCUT2D eigenvalue weighted by atomic mass is 79.9. The molecule has 16 heavy (non-hydrogen) atoms. The fraction of sp³-hybridized carbons (Fsp3) is 0.769. The first kappa shape index (κ1) is 13.8. The number of carbonyl (C=O) groups is 1. The molecule has 0 aromatic carbocycles. The van der Waals surface area contributed by atoms with Gasteiger partial charge in [-0.05, 0) is 45.1 Å². The van der Waals surface area contributed by atoms with Crippen LogP contribution in [0, 0.1) is 0 Å². The lowest BCUT2D eigenvalue weighted by atomic mass is 10.0. The summed E-state index contributed by atoms with van der Waals surface area (Å²) in [5, 5.41) is 0. The lowest BCUT2D eigenvalue weighted by Crippen LogP contribution is -2.27. The first-order valence-corrected chi connectivity index (χ1v) is 6.83. The fourth-order valence-corrected chi connectivity index (χ4v) is 1.83. The summed E-state index contributed by atoms with van der Waals surface area (Å²) in [6, 6.07) is 0. The first-order valence-electron chi connectivity index (χ1n) is 6.04. The molecule has 0 spiro atoms. The zero-order valence-electron chi connectivity index (χ0n) is 10.2. The smallest absolute Gasteiger partial charge is 0.322 e. The fourth-order valence-electron chi connectivity index (χ4n) is 1.72. The Balaban J connectivity index is 2.38. The Bertz CT molecular complexity index is 264. The van der Waals surface area contributed by atoms with Gasteiger partial charge < -0.3 is 4.74 Å². The summed E-state index contributed by atoms with van der Waals surface area (Å²) in [7, 11) is 0. The van der Waals surface area contributed by atoms with Gasteiger partial charge >= 0.3 is 5.97 Å². The minimum Gasteiger partial charge on any atom is -0.460 e. The molecule has 0 radical (unpaired) electrons. The van der Waals surface area contributed by atoms with Crippen molar-refractivity contribution in [1.82, 2.24) is 0 Å². The largest absolute Gasteiger partial charge is 0.460 e. The van der Waals surface area contributed by atoms with Crippen LogP contribution in [0.25, 0.3) is 0 Å². The summed E-state index contributed by atoms with van der Waals surface area (Å²) in [6.45, 7) is 4.08. The van der Waals surface area contributed by atoms with Crippen LogP contribution in [0.1, 0.15) is 52.4 Å². The summed E-state index contributed by atoms with van der Waals surface area (Å²) in [5.41, 5.74) is 1.28. The summed E-state index contributed by atoms with van der Waals surface area (Å²) in [5.74, 6) is -0.185. The third-order valence-corrected chi connectivity index (χ3v) is 3.08. The SMILES string of the molecule is CC(C)(Br)C(=O)OC/C1=C/CCCCCC1. The molecular formula is C13H21BrO2. The standard InChI is InChI=1S/C13H21BrO2/c1-13(2,14)12(15)16-10-11-8-6-4-3-5-7-9-11/h8H,3-7,9-10H2,1-2H3/b11-8+. The topological polar surface area (TPSA) is 26.3 Å². The van der Waals surface area contributed by atoms with Crippen molar-refractivity contribution in [1.29, 1.82) is 0 Å². The van der Waals surface area contributed by atoms with Gasteiger partial charge in [-0.15, -0.1) is 0 Å². The highest BCUT2D eigenvalue weighted by Gasteiger charge is 2.25. The highest BCUT2D eigenvalue weighted by molar-refractivity contribution is 9.10. The number of allylic oxidation sites excluding steroid dienone is 1. The van der Waals surface area contributed by atoms with Gasteiger partial charge in [0.25, 0.3) is 0 Å². The van der Waals surface area contributed by atoms with E-state index in [2.05, 4.69) is 22.0 Å². The molecule has 0 saturated carbocycles. The molecule has 0 saturated heterocycles. The van der Waals surface area contributed by atoms with E-state index in [4.69, 9.17) is 4.74 Å².